The highest BCUT2D eigenvalue weighted by atomic mass is 16.6. The molecule has 0 aromatic heterocycles. The van der Waals surface area contributed by atoms with Crippen LogP contribution in [0.1, 0.15) is 24.2 Å². The minimum absolute atomic E-state index is 0.0763. The smallest absolute Gasteiger partial charge is 0.335 e. The van der Waals surface area contributed by atoms with Gasteiger partial charge in [0.15, 0.2) is 0 Å². The third-order valence-corrected chi connectivity index (χ3v) is 2.52. The number of hydrogen-bond acceptors (Lipinski definition) is 4. The monoisotopic (exact) mass is 238 g/mol. The Balaban J connectivity index is 3.31. The Kier molecular flexibility index (Phi) is 4.03. The molecule has 0 aliphatic rings. The molecule has 0 heterocycles. The molecular formula is C11H14N2O4. The number of nitrogens with zero attached hydrogens (tertiary/aromatic N) is 2. The molecule has 92 valence electrons. The van der Waals surface area contributed by atoms with E-state index in [9.17, 15) is 14.9 Å². The molecule has 1 N–H and O–H groups in total. The predicted octanol–water partition coefficient (Wildman–Crippen LogP) is 2.14. The van der Waals surface area contributed by atoms with Crippen molar-refractivity contribution in [2.24, 2.45) is 0 Å². The topological polar surface area (TPSA) is 83.7 Å². The van der Waals surface area contributed by atoms with Crippen molar-refractivity contribution in [1.29, 1.82) is 0 Å². The van der Waals surface area contributed by atoms with Crippen molar-refractivity contribution in [1.82, 2.24) is 0 Å². The number of hydrogen-bond donors (Lipinski definition) is 1. The summed E-state index contributed by atoms with van der Waals surface area (Å²) >= 11 is 0. The zero-order valence-electron chi connectivity index (χ0n) is 9.71. The molecule has 0 fully saturated rings. The van der Waals surface area contributed by atoms with Gasteiger partial charge in [-0.15, -0.1) is 0 Å². The second-order valence-corrected chi connectivity index (χ2v) is 3.44. The normalized spacial score (nSPS) is 10.0. The SMILES string of the molecule is CCN(CC)c1ccc(C(=O)O)cc1[N+](=O)[O-]. The van der Waals surface area contributed by atoms with Gasteiger partial charge in [0.2, 0.25) is 0 Å². The van der Waals surface area contributed by atoms with Crippen LogP contribution in [-0.2, 0) is 0 Å². The maximum atomic E-state index is 10.9. The minimum atomic E-state index is -1.17. The van der Waals surface area contributed by atoms with Crippen LogP contribution in [0.25, 0.3) is 0 Å². The maximum Gasteiger partial charge on any atom is 0.335 e. The number of benzene rings is 1. The third-order valence-electron chi connectivity index (χ3n) is 2.52. The van der Waals surface area contributed by atoms with Crippen LogP contribution in [0.4, 0.5) is 11.4 Å². The summed E-state index contributed by atoms with van der Waals surface area (Å²) in [4.78, 5) is 22.9. The van der Waals surface area contributed by atoms with Gasteiger partial charge < -0.3 is 10.0 Å². The van der Waals surface area contributed by atoms with Gasteiger partial charge >= 0.3 is 5.97 Å². The van der Waals surface area contributed by atoms with Crippen LogP contribution in [0, 0.1) is 10.1 Å². The minimum Gasteiger partial charge on any atom is -0.478 e. The summed E-state index contributed by atoms with van der Waals surface area (Å²) in [5, 5.41) is 19.7. The zero-order chi connectivity index (χ0) is 13.0. The van der Waals surface area contributed by atoms with Gasteiger partial charge in [0.25, 0.3) is 5.69 Å². The Hall–Kier alpha value is -2.11. The third kappa shape index (κ3) is 2.72. The van der Waals surface area contributed by atoms with Gasteiger partial charge in [-0.25, -0.2) is 4.79 Å². The van der Waals surface area contributed by atoms with Gasteiger partial charge in [0, 0.05) is 19.2 Å². The van der Waals surface area contributed by atoms with Gasteiger partial charge in [0.1, 0.15) is 5.69 Å². The number of nitro groups is 1. The lowest BCUT2D eigenvalue weighted by Gasteiger charge is -2.20. The fourth-order valence-corrected chi connectivity index (χ4v) is 1.63. The predicted molar refractivity (Wildman–Crippen MR) is 63.6 cm³/mol. The number of aromatic carboxylic acids is 1. The quantitative estimate of drug-likeness (QED) is 0.627. The molecule has 0 bridgehead atoms. The lowest BCUT2D eigenvalue weighted by molar-refractivity contribution is -0.384. The molecule has 17 heavy (non-hydrogen) atoms. The summed E-state index contributed by atoms with van der Waals surface area (Å²) in [6.45, 7) is 5.03. The van der Waals surface area contributed by atoms with E-state index in [1.807, 2.05) is 18.7 Å². The standard InChI is InChI=1S/C11H14N2O4/c1-3-12(4-2)9-6-5-8(11(14)15)7-10(9)13(16)17/h5-7H,3-4H2,1-2H3,(H,14,15). The van der Waals surface area contributed by atoms with Crippen molar-refractivity contribution < 1.29 is 14.8 Å². The number of nitro benzene ring substituents is 1. The molecule has 0 aliphatic heterocycles. The zero-order valence-corrected chi connectivity index (χ0v) is 9.71. The van der Waals surface area contributed by atoms with Crippen LogP contribution >= 0.6 is 0 Å². The first-order chi connectivity index (χ1) is 8.01. The van der Waals surface area contributed by atoms with Gasteiger partial charge in [-0.2, -0.15) is 0 Å². The number of anilines is 1. The highest BCUT2D eigenvalue weighted by molar-refractivity contribution is 5.89. The van der Waals surface area contributed by atoms with Gasteiger partial charge in [-0.1, -0.05) is 0 Å². The van der Waals surface area contributed by atoms with E-state index >= 15 is 0 Å². The van der Waals surface area contributed by atoms with Crippen LogP contribution in [0.15, 0.2) is 18.2 Å². The molecule has 0 atom stereocenters. The molecule has 1 aromatic carbocycles. The number of rotatable bonds is 5. The van der Waals surface area contributed by atoms with Gasteiger partial charge in [0.05, 0.1) is 10.5 Å². The molecule has 6 nitrogen and oxygen atoms in total. The van der Waals surface area contributed by atoms with E-state index in [2.05, 4.69) is 0 Å². The van der Waals surface area contributed by atoms with E-state index in [1.54, 1.807) is 0 Å². The molecule has 0 saturated heterocycles. The van der Waals surface area contributed by atoms with E-state index < -0.39 is 10.9 Å². The lowest BCUT2D eigenvalue weighted by atomic mass is 10.1. The van der Waals surface area contributed by atoms with Crippen LogP contribution < -0.4 is 4.90 Å². The Morgan fingerprint density at radius 2 is 2.00 bits per heavy atom. The number of carboxylic acid groups (broad SMARTS) is 1. The Morgan fingerprint density at radius 3 is 2.41 bits per heavy atom. The highest BCUT2D eigenvalue weighted by Gasteiger charge is 2.20. The van der Waals surface area contributed by atoms with E-state index in [1.165, 1.54) is 12.1 Å². The summed E-state index contributed by atoms with van der Waals surface area (Å²) < 4.78 is 0. The van der Waals surface area contributed by atoms with Crippen LogP contribution in [0.3, 0.4) is 0 Å². The summed E-state index contributed by atoms with van der Waals surface area (Å²) in [6.07, 6.45) is 0. The van der Waals surface area contributed by atoms with Crippen LogP contribution in [0.2, 0.25) is 0 Å². The molecule has 0 aliphatic carbocycles. The molecular weight excluding hydrogens is 224 g/mol. The maximum absolute atomic E-state index is 10.9. The average molecular weight is 238 g/mol. The first-order valence-corrected chi connectivity index (χ1v) is 5.27. The van der Waals surface area contributed by atoms with Crippen molar-refractivity contribution in [3.63, 3.8) is 0 Å². The molecule has 0 saturated carbocycles. The Labute approximate surface area is 98.6 Å². The fourth-order valence-electron chi connectivity index (χ4n) is 1.63. The molecule has 1 rings (SSSR count). The highest BCUT2D eigenvalue weighted by Crippen LogP contribution is 2.29. The van der Waals surface area contributed by atoms with Gasteiger partial charge in [-0.3, -0.25) is 10.1 Å². The van der Waals surface area contributed by atoms with Crippen molar-refractivity contribution in [3.8, 4) is 0 Å². The fraction of sp³-hybridized carbons (Fsp3) is 0.364. The Morgan fingerprint density at radius 1 is 1.41 bits per heavy atom. The van der Waals surface area contributed by atoms with E-state index in [0.717, 1.165) is 6.07 Å². The van der Waals surface area contributed by atoms with Crippen molar-refractivity contribution in [3.05, 3.63) is 33.9 Å². The van der Waals surface area contributed by atoms with Crippen LogP contribution in [0.5, 0.6) is 0 Å². The molecule has 0 amide bonds. The first-order valence-electron chi connectivity index (χ1n) is 5.27. The second kappa shape index (κ2) is 5.29. The van der Waals surface area contributed by atoms with E-state index in [4.69, 9.17) is 5.11 Å². The first kappa shape index (κ1) is 13.0. The van der Waals surface area contributed by atoms with Crippen molar-refractivity contribution in [2.45, 2.75) is 13.8 Å². The van der Waals surface area contributed by atoms with Crippen LogP contribution in [-0.4, -0.2) is 29.1 Å². The van der Waals surface area contributed by atoms with E-state index in [-0.39, 0.29) is 11.3 Å². The summed E-state index contributed by atoms with van der Waals surface area (Å²) in [6, 6.07) is 3.95. The van der Waals surface area contributed by atoms with Crippen molar-refractivity contribution in [2.75, 3.05) is 18.0 Å². The Bertz CT molecular complexity index is 441. The largest absolute Gasteiger partial charge is 0.478 e. The molecule has 6 heteroatoms. The second-order valence-electron chi connectivity index (χ2n) is 3.44. The van der Waals surface area contributed by atoms with E-state index in [0.29, 0.717) is 18.8 Å². The molecule has 0 spiro atoms. The lowest BCUT2D eigenvalue weighted by Crippen LogP contribution is -2.23. The summed E-state index contributed by atoms with van der Waals surface area (Å²) in [5.74, 6) is -1.17. The van der Waals surface area contributed by atoms with Gasteiger partial charge in [-0.05, 0) is 26.0 Å². The molecule has 0 radical (unpaired) electrons. The summed E-state index contributed by atoms with van der Waals surface area (Å²) in [7, 11) is 0. The summed E-state index contributed by atoms with van der Waals surface area (Å²) in [5.41, 5.74) is 0.200. The number of carboxylic acids is 1. The van der Waals surface area contributed by atoms with Crippen molar-refractivity contribution >= 4 is 17.3 Å². The number of carbonyl (C=O) groups is 1. The molecule has 1 aromatic rings. The average Bonchev–Trinajstić information content (AvgIpc) is 2.30. The molecule has 0 unspecified atom stereocenters.